The lowest BCUT2D eigenvalue weighted by molar-refractivity contribution is -0.137. The molecule has 0 saturated heterocycles. The van der Waals surface area contributed by atoms with Crippen LogP contribution >= 0.6 is 11.3 Å². The van der Waals surface area contributed by atoms with Gasteiger partial charge in [-0.15, -0.1) is 11.3 Å². The van der Waals surface area contributed by atoms with Crippen LogP contribution in [0, 0.1) is 5.92 Å². The number of rotatable bonds is 4. The van der Waals surface area contributed by atoms with Crippen molar-refractivity contribution in [1.29, 1.82) is 0 Å². The quantitative estimate of drug-likeness (QED) is 0.906. The number of nitrogens with zero attached hydrogens (tertiary/aromatic N) is 1. The van der Waals surface area contributed by atoms with Crippen LogP contribution in [0.1, 0.15) is 55.5 Å². The molecule has 1 aromatic heterocycles. The van der Waals surface area contributed by atoms with E-state index in [0.29, 0.717) is 28.7 Å². The molecule has 0 spiro atoms. The van der Waals surface area contributed by atoms with Crippen molar-refractivity contribution in [3.63, 3.8) is 0 Å². The summed E-state index contributed by atoms with van der Waals surface area (Å²) in [5, 5.41) is -0.844. The van der Waals surface area contributed by atoms with Crippen molar-refractivity contribution in [3.05, 3.63) is 16.1 Å². The average molecular weight is 322 g/mol. The van der Waals surface area contributed by atoms with Gasteiger partial charge in [0.05, 0.1) is 11.6 Å². The van der Waals surface area contributed by atoms with Crippen LogP contribution < -0.4 is 5.73 Å². The highest BCUT2D eigenvalue weighted by Gasteiger charge is 2.43. The highest BCUT2D eigenvalue weighted by molar-refractivity contribution is 7.11. The topological polar surface area (TPSA) is 48.1 Å². The molecule has 3 atom stereocenters. The molecule has 0 radical (unpaired) electrons. The molecule has 1 heterocycles. The van der Waals surface area contributed by atoms with Crippen molar-refractivity contribution in [2.45, 2.75) is 57.3 Å². The zero-order valence-electron chi connectivity index (χ0n) is 12.2. The Morgan fingerprint density at radius 3 is 2.81 bits per heavy atom. The van der Waals surface area contributed by atoms with Crippen LogP contribution in [0.15, 0.2) is 6.20 Å². The van der Waals surface area contributed by atoms with Gasteiger partial charge in [0.1, 0.15) is 0 Å². The van der Waals surface area contributed by atoms with E-state index < -0.39 is 22.8 Å². The Hall–Kier alpha value is -0.660. The fourth-order valence-electron chi connectivity index (χ4n) is 3.16. The smallest absolute Gasteiger partial charge is 0.373 e. The van der Waals surface area contributed by atoms with E-state index in [-0.39, 0.29) is 0 Å². The number of ether oxygens (including phenoxy) is 1. The van der Waals surface area contributed by atoms with E-state index in [1.54, 1.807) is 0 Å². The predicted octanol–water partition coefficient (Wildman–Crippen LogP) is 4.15. The molecule has 1 saturated carbocycles. The fourth-order valence-corrected chi connectivity index (χ4v) is 4.05. The molecule has 1 aromatic rings. The van der Waals surface area contributed by atoms with Gasteiger partial charge in [0.25, 0.3) is 0 Å². The molecule has 3 unspecified atom stereocenters. The second-order valence-corrected chi connectivity index (χ2v) is 6.80. The van der Waals surface area contributed by atoms with Gasteiger partial charge < -0.3 is 10.5 Å². The fraction of sp³-hybridized carbons (Fsp3) is 0.786. The van der Waals surface area contributed by atoms with E-state index in [2.05, 4.69) is 11.9 Å². The van der Waals surface area contributed by atoms with E-state index in [4.69, 9.17) is 10.5 Å². The van der Waals surface area contributed by atoms with Crippen LogP contribution in [0.2, 0.25) is 0 Å². The molecule has 120 valence electrons. The lowest BCUT2D eigenvalue weighted by atomic mass is 9.74. The Morgan fingerprint density at radius 1 is 1.57 bits per heavy atom. The Balaban J connectivity index is 2.26. The van der Waals surface area contributed by atoms with Gasteiger partial charge in [-0.25, -0.2) is 4.98 Å². The Labute approximate surface area is 126 Å². The van der Waals surface area contributed by atoms with Gasteiger partial charge in [0.2, 0.25) is 0 Å². The van der Waals surface area contributed by atoms with Crippen molar-refractivity contribution in [2.24, 2.45) is 11.7 Å². The molecular formula is C14H21F3N2OS. The minimum Gasteiger partial charge on any atom is -0.373 e. The predicted molar refractivity (Wildman–Crippen MR) is 76.0 cm³/mol. The molecule has 1 aliphatic rings. The summed E-state index contributed by atoms with van der Waals surface area (Å²) in [7, 11) is 0. The average Bonchev–Trinajstić information content (AvgIpc) is 2.87. The van der Waals surface area contributed by atoms with Gasteiger partial charge in [-0.05, 0) is 25.7 Å². The maximum absolute atomic E-state index is 12.7. The first-order valence-electron chi connectivity index (χ1n) is 7.21. The first-order chi connectivity index (χ1) is 9.78. The monoisotopic (exact) mass is 322 g/mol. The summed E-state index contributed by atoms with van der Waals surface area (Å²) < 4.78 is 44.0. The van der Waals surface area contributed by atoms with E-state index >= 15 is 0 Å². The Morgan fingerprint density at radius 2 is 2.29 bits per heavy atom. The molecule has 3 nitrogen and oxygen atoms in total. The van der Waals surface area contributed by atoms with Gasteiger partial charge in [-0.2, -0.15) is 13.2 Å². The zero-order chi connectivity index (χ0) is 15.7. The normalized spacial score (nSPS) is 28.6. The standard InChI is InChI=1S/C14H21F3N2OS/c1-3-20-13(6-4-5-9(2)7-13)11(18)10-8-19-12(21-10)14(15,16)17/h8-9,11H,3-7,18H2,1-2H3. The molecule has 0 aromatic carbocycles. The molecule has 0 aliphatic heterocycles. The van der Waals surface area contributed by atoms with Crippen molar-refractivity contribution < 1.29 is 17.9 Å². The lowest BCUT2D eigenvalue weighted by Crippen LogP contribution is -2.46. The van der Waals surface area contributed by atoms with Crippen LogP contribution in [0.4, 0.5) is 13.2 Å². The SMILES string of the molecule is CCOC1(C(N)c2cnc(C(F)(F)F)s2)CCCC(C)C1. The van der Waals surface area contributed by atoms with E-state index in [1.807, 2.05) is 6.92 Å². The van der Waals surface area contributed by atoms with E-state index in [9.17, 15) is 13.2 Å². The first kappa shape index (κ1) is 16.7. The molecule has 7 heteroatoms. The first-order valence-corrected chi connectivity index (χ1v) is 8.02. The number of thiazole rings is 1. The third-order valence-electron chi connectivity index (χ3n) is 4.06. The van der Waals surface area contributed by atoms with Crippen molar-refractivity contribution in [3.8, 4) is 0 Å². The summed E-state index contributed by atoms with van der Waals surface area (Å²) in [6.45, 7) is 4.53. The van der Waals surface area contributed by atoms with E-state index in [1.165, 1.54) is 6.20 Å². The number of hydrogen-bond donors (Lipinski definition) is 1. The maximum atomic E-state index is 12.7. The van der Waals surface area contributed by atoms with Crippen molar-refractivity contribution in [2.75, 3.05) is 6.61 Å². The van der Waals surface area contributed by atoms with Gasteiger partial charge in [0, 0.05) is 17.7 Å². The number of nitrogens with two attached hydrogens (primary N) is 1. The molecule has 1 fully saturated rings. The number of aromatic nitrogens is 1. The number of halogens is 3. The summed E-state index contributed by atoms with van der Waals surface area (Å²) >= 11 is 0.626. The molecule has 0 amide bonds. The summed E-state index contributed by atoms with van der Waals surface area (Å²) in [5.74, 6) is 0.464. The van der Waals surface area contributed by atoms with E-state index in [0.717, 1.165) is 25.7 Å². The summed E-state index contributed by atoms with van der Waals surface area (Å²) in [6, 6.07) is -0.561. The molecule has 2 rings (SSSR count). The van der Waals surface area contributed by atoms with Crippen LogP contribution in [0.25, 0.3) is 0 Å². The number of hydrogen-bond acceptors (Lipinski definition) is 4. The summed E-state index contributed by atoms with van der Waals surface area (Å²) in [4.78, 5) is 3.92. The number of alkyl halides is 3. The summed E-state index contributed by atoms with van der Waals surface area (Å²) in [5.41, 5.74) is 5.72. The second kappa shape index (κ2) is 6.22. The van der Waals surface area contributed by atoms with Crippen molar-refractivity contribution in [1.82, 2.24) is 4.98 Å². The molecule has 21 heavy (non-hydrogen) atoms. The van der Waals surface area contributed by atoms with Crippen LogP contribution in [0.5, 0.6) is 0 Å². The zero-order valence-corrected chi connectivity index (χ0v) is 13.1. The third-order valence-corrected chi connectivity index (χ3v) is 5.19. The minimum absolute atomic E-state index is 0.449. The maximum Gasteiger partial charge on any atom is 0.443 e. The van der Waals surface area contributed by atoms with Crippen LogP contribution in [-0.4, -0.2) is 17.2 Å². The largest absolute Gasteiger partial charge is 0.443 e. The Kier molecular flexibility index (Phi) is 4.95. The summed E-state index contributed by atoms with van der Waals surface area (Å²) in [6.07, 6.45) is 0.490. The third kappa shape index (κ3) is 3.57. The van der Waals surface area contributed by atoms with Crippen LogP contribution in [-0.2, 0) is 10.9 Å². The van der Waals surface area contributed by atoms with Gasteiger partial charge in [-0.1, -0.05) is 19.8 Å². The van der Waals surface area contributed by atoms with Gasteiger partial charge >= 0.3 is 6.18 Å². The molecular weight excluding hydrogens is 301 g/mol. The highest BCUT2D eigenvalue weighted by atomic mass is 32.1. The van der Waals surface area contributed by atoms with Gasteiger partial charge in [-0.3, -0.25) is 0 Å². The van der Waals surface area contributed by atoms with Crippen LogP contribution in [0.3, 0.4) is 0 Å². The second-order valence-electron chi connectivity index (χ2n) is 5.74. The van der Waals surface area contributed by atoms with Gasteiger partial charge in [0.15, 0.2) is 5.01 Å². The molecule has 2 N–H and O–H groups in total. The molecule has 1 aliphatic carbocycles. The molecule has 0 bridgehead atoms. The highest BCUT2D eigenvalue weighted by Crippen LogP contribution is 2.44. The Bertz CT molecular complexity index is 473. The lowest BCUT2D eigenvalue weighted by Gasteiger charge is -2.43. The minimum atomic E-state index is -4.42. The van der Waals surface area contributed by atoms with Crippen molar-refractivity contribution >= 4 is 11.3 Å².